The van der Waals surface area contributed by atoms with E-state index in [0.717, 1.165) is 23.5 Å². The van der Waals surface area contributed by atoms with Gasteiger partial charge in [0.25, 0.3) is 5.91 Å². The van der Waals surface area contributed by atoms with Gasteiger partial charge < -0.3 is 4.90 Å². The van der Waals surface area contributed by atoms with E-state index in [4.69, 9.17) is 0 Å². The van der Waals surface area contributed by atoms with Crippen LogP contribution in [0, 0.1) is 0 Å². The lowest BCUT2D eigenvalue weighted by molar-refractivity contribution is -0.137. The van der Waals surface area contributed by atoms with Gasteiger partial charge in [-0.3, -0.25) is 4.79 Å². The smallest absolute Gasteiger partial charge is 0.312 e. The third-order valence-electron chi connectivity index (χ3n) is 3.63. The van der Waals surface area contributed by atoms with Crippen molar-refractivity contribution in [2.75, 3.05) is 11.4 Å². The molecular formula is C13H11F3N2O2. The number of alkyl halides is 3. The van der Waals surface area contributed by atoms with Gasteiger partial charge in [0.05, 0.1) is 11.3 Å². The first-order chi connectivity index (χ1) is 9.39. The highest BCUT2D eigenvalue weighted by atomic mass is 19.4. The Morgan fingerprint density at radius 1 is 1.20 bits per heavy atom. The van der Waals surface area contributed by atoms with Crippen LogP contribution in [0.2, 0.25) is 0 Å². The molecule has 2 saturated heterocycles. The average Bonchev–Trinajstić information content (AvgIpc) is 2.94. The summed E-state index contributed by atoms with van der Waals surface area (Å²) in [6.07, 6.45) is -3.18. The van der Waals surface area contributed by atoms with Crippen molar-refractivity contribution < 1.29 is 22.8 Å². The second kappa shape index (κ2) is 4.22. The number of hydrogen-bond donors (Lipinski definition) is 0. The number of halogens is 3. The molecule has 0 bridgehead atoms. The Labute approximate surface area is 112 Å². The van der Waals surface area contributed by atoms with Crippen LogP contribution in [-0.2, 0) is 11.0 Å². The summed E-state index contributed by atoms with van der Waals surface area (Å²) >= 11 is 0. The summed E-state index contributed by atoms with van der Waals surface area (Å²) in [7, 11) is 0. The predicted molar refractivity (Wildman–Crippen MR) is 64.1 cm³/mol. The molecule has 0 radical (unpaired) electrons. The van der Waals surface area contributed by atoms with Crippen LogP contribution in [0.4, 0.5) is 23.7 Å². The number of amides is 3. The van der Waals surface area contributed by atoms with Gasteiger partial charge in [-0.2, -0.15) is 13.2 Å². The van der Waals surface area contributed by atoms with Crippen LogP contribution in [-0.4, -0.2) is 29.4 Å². The number of fused-ring (bicyclic) bond motifs is 1. The quantitative estimate of drug-likeness (QED) is 0.744. The number of hydrogen-bond acceptors (Lipinski definition) is 2. The van der Waals surface area contributed by atoms with Crippen molar-refractivity contribution in [1.82, 2.24) is 4.90 Å². The minimum absolute atomic E-state index is 0.0239. The van der Waals surface area contributed by atoms with Crippen LogP contribution in [0.1, 0.15) is 18.4 Å². The highest BCUT2D eigenvalue weighted by Gasteiger charge is 2.48. The van der Waals surface area contributed by atoms with Gasteiger partial charge in [-0.05, 0) is 31.0 Å². The van der Waals surface area contributed by atoms with E-state index >= 15 is 0 Å². The number of benzene rings is 1. The summed E-state index contributed by atoms with van der Waals surface area (Å²) in [6, 6.07) is 3.23. The van der Waals surface area contributed by atoms with E-state index in [9.17, 15) is 22.8 Å². The van der Waals surface area contributed by atoms with E-state index < -0.39 is 29.7 Å². The third-order valence-corrected chi connectivity index (χ3v) is 3.63. The van der Waals surface area contributed by atoms with Gasteiger partial charge in [-0.1, -0.05) is 6.07 Å². The highest BCUT2D eigenvalue weighted by molar-refractivity contribution is 6.21. The van der Waals surface area contributed by atoms with Crippen molar-refractivity contribution in [2.24, 2.45) is 0 Å². The second-order valence-corrected chi connectivity index (χ2v) is 4.86. The molecule has 0 unspecified atom stereocenters. The van der Waals surface area contributed by atoms with Crippen molar-refractivity contribution in [3.05, 3.63) is 29.8 Å². The molecule has 3 amide bonds. The standard InChI is InChI=1S/C13H11F3N2O2/c14-13(15,16)8-3-1-4-9(7-8)18-11(19)10-5-2-6-17(10)12(18)20/h1,3-4,7,10H,2,5-6H2/t10-/m1/s1. The summed E-state index contributed by atoms with van der Waals surface area (Å²) < 4.78 is 38.0. The molecule has 0 aromatic heterocycles. The number of carbonyl (C=O) groups is 2. The zero-order valence-electron chi connectivity index (χ0n) is 10.4. The maximum absolute atomic E-state index is 12.7. The van der Waals surface area contributed by atoms with E-state index in [2.05, 4.69) is 0 Å². The van der Waals surface area contributed by atoms with Gasteiger partial charge >= 0.3 is 12.2 Å². The van der Waals surface area contributed by atoms with Crippen LogP contribution in [0.25, 0.3) is 0 Å². The maximum Gasteiger partial charge on any atom is 0.416 e. The fourth-order valence-corrected chi connectivity index (χ4v) is 2.68. The van der Waals surface area contributed by atoms with Crippen LogP contribution < -0.4 is 4.90 Å². The summed E-state index contributed by atoms with van der Waals surface area (Å²) in [5.41, 5.74) is -0.896. The molecular weight excluding hydrogens is 273 g/mol. The molecule has 0 N–H and O–H groups in total. The molecule has 3 rings (SSSR count). The van der Waals surface area contributed by atoms with E-state index in [1.807, 2.05) is 0 Å². The first-order valence-corrected chi connectivity index (χ1v) is 6.21. The Kier molecular flexibility index (Phi) is 2.74. The Balaban J connectivity index is 1.98. The summed E-state index contributed by atoms with van der Waals surface area (Å²) in [6.45, 7) is 0.477. The monoisotopic (exact) mass is 284 g/mol. The molecule has 2 heterocycles. The van der Waals surface area contributed by atoms with Crippen LogP contribution in [0.15, 0.2) is 24.3 Å². The molecule has 1 aromatic rings. The normalized spacial score (nSPS) is 22.6. The first kappa shape index (κ1) is 13.0. The number of imide groups is 1. The molecule has 1 atom stereocenters. The van der Waals surface area contributed by atoms with Crippen LogP contribution >= 0.6 is 0 Å². The van der Waals surface area contributed by atoms with Gasteiger partial charge in [0.2, 0.25) is 0 Å². The van der Waals surface area contributed by atoms with E-state index in [0.29, 0.717) is 13.0 Å². The Morgan fingerprint density at radius 3 is 2.60 bits per heavy atom. The lowest BCUT2D eigenvalue weighted by Gasteiger charge is -2.17. The number of carbonyl (C=O) groups excluding carboxylic acids is 2. The summed E-state index contributed by atoms with van der Waals surface area (Å²) in [5, 5.41) is 0. The van der Waals surface area contributed by atoms with Gasteiger partial charge in [0.1, 0.15) is 6.04 Å². The highest BCUT2D eigenvalue weighted by Crippen LogP contribution is 2.35. The number of nitrogens with zero attached hydrogens (tertiary/aromatic N) is 2. The third kappa shape index (κ3) is 1.85. The molecule has 106 valence electrons. The van der Waals surface area contributed by atoms with Gasteiger partial charge in [0.15, 0.2) is 0 Å². The fraction of sp³-hybridized carbons (Fsp3) is 0.385. The van der Waals surface area contributed by atoms with Crippen molar-refractivity contribution in [3.8, 4) is 0 Å². The first-order valence-electron chi connectivity index (χ1n) is 6.21. The zero-order chi connectivity index (χ0) is 14.5. The Hall–Kier alpha value is -2.05. The minimum atomic E-state index is -4.50. The summed E-state index contributed by atoms with van der Waals surface area (Å²) in [5.74, 6) is -0.438. The number of anilines is 1. The maximum atomic E-state index is 12.7. The Bertz CT molecular complexity index is 563. The lowest BCUT2D eigenvalue weighted by Crippen LogP contribution is -2.33. The van der Waals surface area contributed by atoms with Crippen LogP contribution in [0.3, 0.4) is 0 Å². The number of rotatable bonds is 1. The molecule has 0 aliphatic carbocycles. The van der Waals surface area contributed by atoms with Crippen molar-refractivity contribution in [1.29, 1.82) is 0 Å². The largest absolute Gasteiger partial charge is 0.416 e. The molecule has 2 aliphatic heterocycles. The molecule has 0 spiro atoms. The Morgan fingerprint density at radius 2 is 1.95 bits per heavy atom. The van der Waals surface area contributed by atoms with Gasteiger partial charge in [-0.25, -0.2) is 9.69 Å². The lowest BCUT2D eigenvalue weighted by atomic mass is 10.1. The van der Waals surface area contributed by atoms with Crippen molar-refractivity contribution in [2.45, 2.75) is 25.1 Å². The molecule has 2 aliphatic rings. The van der Waals surface area contributed by atoms with E-state index in [1.54, 1.807) is 0 Å². The van der Waals surface area contributed by atoms with Gasteiger partial charge in [-0.15, -0.1) is 0 Å². The summed E-state index contributed by atoms with van der Waals surface area (Å²) in [4.78, 5) is 26.5. The van der Waals surface area contributed by atoms with Crippen LogP contribution in [0.5, 0.6) is 0 Å². The van der Waals surface area contributed by atoms with Gasteiger partial charge in [0, 0.05) is 6.54 Å². The number of urea groups is 1. The second-order valence-electron chi connectivity index (χ2n) is 4.86. The fourth-order valence-electron chi connectivity index (χ4n) is 2.68. The zero-order valence-corrected chi connectivity index (χ0v) is 10.4. The molecule has 7 heteroatoms. The average molecular weight is 284 g/mol. The molecule has 0 saturated carbocycles. The molecule has 20 heavy (non-hydrogen) atoms. The molecule has 2 fully saturated rings. The minimum Gasteiger partial charge on any atom is -0.312 e. The van der Waals surface area contributed by atoms with Crippen molar-refractivity contribution >= 4 is 17.6 Å². The van der Waals surface area contributed by atoms with E-state index in [-0.39, 0.29) is 5.69 Å². The molecule has 1 aromatic carbocycles. The van der Waals surface area contributed by atoms with Crippen molar-refractivity contribution in [3.63, 3.8) is 0 Å². The SMILES string of the molecule is O=C1[C@H]2CCCN2C(=O)N1c1cccc(C(F)(F)F)c1. The molecule has 4 nitrogen and oxygen atoms in total. The topological polar surface area (TPSA) is 40.6 Å². The predicted octanol–water partition coefficient (Wildman–Crippen LogP) is 2.64. The van der Waals surface area contributed by atoms with E-state index in [1.165, 1.54) is 17.0 Å².